The van der Waals surface area contributed by atoms with Crippen molar-refractivity contribution in [1.29, 1.82) is 0 Å². The summed E-state index contributed by atoms with van der Waals surface area (Å²) >= 11 is 5.98. The van der Waals surface area contributed by atoms with Crippen LogP contribution < -0.4 is 10.0 Å². The van der Waals surface area contributed by atoms with Gasteiger partial charge >= 0.3 is 0 Å². The largest absolute Gasteiger partial charge is 0.348 e. The first kappa shape index (κ1) is 19.2. The van der Waals surface area contributed by atoms with Gasteiger partial charge in [-0.3, -0.25) is 4.79 Å². The van der Waals surface area contributed by atoms with Gasteiger partial charge in [-0.25, -0.2) is 13.1 Å². The van der Waals surface area contributed by atoms with Crippen molar-refractivity contribution in [2.45, 2.75) is 18.4 Å². The minimum atomic E-state index is -3.82. The topological polar surface area (TPSA) is 75.3 Å². The third kappa shape index (κ3) is 4.92. The predicted octanol–water partition coefficient (Wildman–Crippen LogP) is 3.04. The van der Waals surface area contributed by atoms with Crippen molar-refractivity contribution in [3.63, 3.8) is 0 Å². The van der Waals surface area contributed by atoms with Gasteiger partial charge in [0.2, 0.25) is 10.0 Å². The molecule has 25 heavy (non-hydrogen) atoms. The van der Waals surface area contributed by atoms with E-state index in [1.807, 2.05) is 31.2 Å². The molecule has 0 saturated carbocycles. The van der Waals surface area contributed by atoms with Crippen molar-refractivity contribution in [3.05, 3.63) is 76.8 Å². The van der Waals surface area contributed by atoms with E-state index in [0.29, 0.717) is 6.54 Å². The van der Waals surface area contributed by atoms with Gasteiger partial charge in [-0.15, -0.1) is 6.58 Å². The van der Waals surface area contributed by atoms with Gasteiger partial charge in [0.25, 0.3) is 5.91 Å². The van der Waals surface area contributed by atoms with Crippen molar-refractivity contribution in [2.24, 2.45) is 0 Å². The minimum Gasteiger partial charge on any atom is -0.348 e. The molecule has 0 heterocycles. The van der Waals surface area contributed by atoms with Crippen molar-refractivity contribution in [2.75, 3.05) is 6.54 Å². The molecule has 1 amide bonds. The Labute approximate surface area is 152 Å². The number of halogens is 1. The van der Waals surface area contributed by atoms with Crippen LogP contribution in [0.2, 0.25) is 5.02 Å². The first-order valence-corrected chi connectivity index (χ1v) is 9.44. The highest BCUT2D eigenvalue weighted by Gasteiger charge is 2.19. The van der Waals surface area contributed by atoms with E-state index >= 15 is 0 Å². The summed E-state index contributed by atoms with van der Waals surface area (Å²) in [5.74, 6) is -0.375. The second kappa shape index (κ2) is 8.29. The van der Waals surface area contributed by atoms with E-state index in [1.165, 1.54) is 24.3 Å². The van der Waals surface area contributed by atoms with Gasteiger partial charge in [0.05, 0.1) is 5.02 Å². The van der Waals surface area contributed by atoms with Crippen LogP contribution in [-0.4, -0.2) is 20.9 Å². The zero-order valence-electron chi connectivity index (χ0n) is 13.8. The molecule has 0 saturated heterocycles. The Morgan fingerprint density at radius 3 is 2.64 bits per heavy atom. The summed E-state index contributed by atoms with van der Waals surface area (Å²) in [6, 6.07) is 11.8. The molecule has 0 radical (unpaired) electrons. The van der Waals surface area contributed by atoms with Crippen LogP contribution in [0, 0.1) is 6.92 Å². The number of hydrogen-bond donors (Lipinski definition) is 2. The second-order valence-corrected chi connectivity index (χ2v) is 7.54. The maximum Gasteiger partial charge on any atom is 0.251 e. The van der Waals surface area contributed by atoms with E-state index in [2.05, 4.69) is 16.6 Å². The predicted molar refractivity (Wildman–Crippen MR) is 99.2 cm³/mol. The Balaban J connectivity index is 2.19. The standard InChI is InChI=1S/C18H19ClN2O3S/c1-3-10-21-25(23,24)17-11-14(8-9-16(17)19)18(22)20-12-15-7-5-4-6-13(15)2/h3-9,11,21H,1,10,12H2,2H3,(H,20,22). The van der Waals surface area contributed by atoms with Crippen molar-refractivity contribution >= 4 is 27.5 Å². The van der Waals surface area contributed by atoms with Crippen LogP contribution in [0.1, 0.15) is 21.5 Å². The summed E-state index contributed by atoms with van der Waals surface area (Å²) in [5.41, 5.74) is 2.28. The summed E-state index contributed by atoms with van der Waals surface area (Å²) in [5, 5.41) is 2.83. The normalized spacial score (nSPS) is 11.1. The Kier molecular flexibility index (Phi) is 6.36. The number of sulfonamides is 1. The van der Waals surface area contributed by atoms with Gasteiger partial charge in [0, 0.05) is 18.7 Å². The molecule has 2 aromatic carbocycles. The molecule has 0 atom stereocenters. The van der Waals surface area contributed by atoms with E-state index in [-0.39, 0.29) is 27.9 Å². The lowest BCUT2D eigenvalue weighted by Crippen LogP contribution is -2.26. The quantitative estimate of drug-likeness (QED) is 0.727. The highest BCUT2D eigenvalue weighted by Crippen LogP contribution is 2.22. The van der Waals surface area contributed by atoms with Gasteiger partial charge in [-0.05, 0) is 36.2 Å². The monoisotopic (exact) mass is 378 g/mol. The van der Waals surface area contributed by atoms with E-state index in [4.69, 9.17) is 11.6 Å². The maximum atomic E-state index is 12.3. The summed E-state index contributed by atoms with van der Waals surface area (Å²) in [6.07, 6.45) is 1.42. The first-order valence-electron chi connectivity index (χ1n) is 7.58. The lowest BCUT2D eigenvalue weighted by atomic mass is 10.1. The van der Waals surface area contributed by atoms with Crippen LogP contribution in [-0.2, 0) is 16.6 Å². The molecule has 2 aromatic rings. The molecule has 7 heteroatoms. The Morgan fingerprint density at radius 1 is 1.24 bits per heavy atom. The SMILES string of the molecule is C=CCNS(=O)(=O)c1cc(C(=O)NCc2ccccc2C)ccc1Cl. The number of nitrogens with one attached hydrogen (secondary N) is 2. The Bertz CT molecular complexity index is 895. The van der Waals surface area contributed by atoms with E-state index in [0.717, 1.165) is 11.1 Å². The molecule has 2 rings (SSSR count). The Hall–Kier alpha value is -2.15. The zero-order valence-corrected chi connectivity index (χ0v) is 15.3. The molecular formula is C18H19ClN2O3S. The highest BCUT2D eigenvalue weighted by atomic mass is 35.5. The van der Waals surface area contributed by atoms with Crippen LogP contribution in [0.4, 0.5) is 0 Å². The summed E-state index contributed by atoms with van der Waals surface area (Å²) in [4.78, 5) is 12.2. The number of carbonyl (C=O) groups excluding carboxylic acids is 1. The molecule has 0 bridgehead atoms. The lowest BCUT2D eigenvalue weighted by molar-refractivity contribution is 0.0950. The van der Waals surface area contributed by atoms with E-state index in [1.54, 1.807) is 0 Å². The molecule has 0 aliphatic carbocycles. The second-order valence-electron chi connectivity index (χ2n) is 5.39. The van der Waals surface area contributed by atoms with Crippen molar-refractivity contribution < 1.29 is 13.2 Å². The average Bonchev–Trinajstić information content (AvgIpc) is 2.59. The smallest absolute Gasteiger partial charge is 0.251 e. The molecular weight excluding hydrogens is 360 g/mol. The molecule has 0 fully saturated rings. The minimum absolute atomic E-state index is 0.0482. The lowest BCUT2D eigenvalue weighted by Gasteiger charge is -2.11. The third-order valence-electron chi connectivity index (χ3n) is 3.60. The molecule has 5 nitrogen and oxygen atoms in total. The number of carbonyl (C=O) groups is 1. The van der Waals surface area contributed by atoms with Crippen LogP contribution in [0.3, 0.4) is 0 Å². The number of rotatable bonds is 7. The van der Waals surface area contributed by atoms with Gasteiger partial charge in [0.15, 0.2) is 0 Å². The summed E-state index contributed by atoms with van der Waals surface area (Å²) < 4.78 is 26.8. The summed E-state index contributed by atoms with van der Waals surface area (Å²) in [6.45, 7) is 5.84. The molecule has 0 unspecified atom stereocenters. The molecule has 0 aromatic heterocycles. The van der Waals surface area contributed by atoms with Gasteiger partial charge < -0.3 is 5.32 Å². The number of amides is 1. The molecule has 0 aliphatic heterocycles. The van der Waals surface area contributed by atoms with E-state index < -0.39 is 10.0 Å². The molecule has 0 spiro atoms. The van der Waals surface area contributed by atoms with Crippen LogP contribution in [0.25, 0.3) is 0 Å². The van der Waals surface area contributed by atoms with Gasteiger partial charge in [-0.2, -0.15) is 0 Å². The van der Waals surface area contributed by atoms with Crippen molar-refractivity contribution in [1.82, 2.24) is 10.0 Å². The molecule has 2 N–H and O–H groups in total. The number of benzene rings is 2. The number of aryl methyl sites for hydroxylation is 1. The van der Waals surface area contributed by atoms with Gasteiger partial charge in [0.1, 0.15) is 4.90 Å². The van der Waals surface area contributed by atoms with Crippen LogP contribution in [0.15, 0.2) is 60.0 Å². The fourth-order valence-corrected chi connectivity index (χ4v) is 3.70. The third-order valence-corrected chi connectivity index (χ3v) is 5.51. The van der Waals surface area contributed by atoms with Crippen LogP contribution in [0.5, 0.6) is 0 Å². The Morgan fingerprint density at radius 2 is 1.96 bits per heavy atom. The summed E-state index contributed by atoms with van der Waals surface area (Å²) in [7, 11) is -3.82. The fraction of sp³-hybridized carbons (Fsp3) is 0.167. The van der Waals surface area contributed by atoms with Crippen molar-refractivity contribution in [3.8, 4) is 0 Å². The molecule has 132 valence electrons. The van der Waals surface area contributed by atoms with Crippen LogP contribution >= 0.6 is 11.6 Å². The van der Waals surface area contributed by atoms with Gasteiger partial charge in [-0.1, -0.05) is 41.9 Å². The maximum absolute atomic E-state index is 12.3. The fourth-order valence-electron chi connectivity index (χ4n) is 2.18. The zero-order chi connectivity index (χ0) is 18.4. The first-order chi connectivity index (χ1) is 11.8. The van der Waals surface area contributed by atoms with E-state index in [9.17, 15) is 13.2 Å². The number of hydrogen-bond acceptors (Lipinski definition) is 3. The molecule has 0 aliphatic rings. The highest BCUT2D eigenvalue weighted by molar-refractivity contribution is 7.89. The average molecular weight is 379 g/mol.